The molecule has 0 radical (unpaired) electrons. The van der Waals surface area contributed by atoms with Gasteiger partial charge in [-0.3, -0.25) is 15.0 Å². The minimum atomic E-state index is -0.770. The van der Waals surface area contributed by atoms with Crippen molar-refractivity contribution in [3.05, 3.63) is 35.9 Å². The molecule has 0 aliphatic carbocycles. The molecule has 7 nitrogen and oxygen atoms in total. The van der Waals surface area contributed by atoms with Gasteiger partial charge in [-0.2, -0.15) is 0 Å². The number of esters is 1. The highest BCUT2D eigenvalue weighted by Crippen LogP contribution is 2.24. The minimum Gasteiger partial charge on any atom is -0.468 e. The molecule has 7 heteroatoms. The molecule has 1 unspecified atom stereocenters. The Bertz CT molecular complexity index is 659. The summed E-state index contributed by atoms with van der Waals surface area (Å²) in [4.78, 5) is 26.7. The van der Waals surface area contributed by atoms with E-state index in [1.165, 1.54) is 12.7 Å². The molecule has 156 valence electrons. The van der Waals surface area contributed by atoms with Gasteiger partial charge in [-0.1, -0.05) is 30.3 Å². The van der Waals surface area contributed by atoms with E-state index in [4.69, 9.17) is 9.47 Å². The number of nitrogens with zero attached hydrogens (tertiary/aromatic N) is 1. The van der Waals surface area contributed by atoms with Crippen LogP contribution in [0.4, 0.5) is 4.79 Å². The van der Waals surface area contributed by atoms with Gasteiger partial charge in [-0.05, 0) is 39.7 Å². The molecule has 0 saturated carbocycles. The number of carbonyl (C=O) groups is 2. The van der Waals surface area contributed by atoms with Crippen LogP contribution in [0.15, 0.2) is 30.3 Å². The zero-order valence-electron chi connectivity index (χ0n) is 17.6. The van der Waals surface area contributed by atoms with Crippen molar-refractivity contribution in [3.63, 3.8) is 0 Å². The third-order valence-corrected chi connectivity index (χ3v) is 4.68. The van der Waals surface area contributed by atoms with E-state index in [0.717, 1.165) is 13.1 Å². The summed E-state index contributed by atoms with van der Waals surface area (Å²) in [5, 5.41) is 6.14. The number of rotatable bonds is 7. The first-order chi connectivity index (χ1) is 13.1. The molecule has 1 fully saturated rings. The zero-order chi connectivity index (χ0) is 20.8. The van der Waals surface area contributed by atoms with Crippen LogP contribution in [0.5, 0.6) is 0 Å². The summed E-state index contributed by atoms with van der Waals surface area (Å²) in [7, 11) is 1.41. The van der Waals surface area contributed by atoms with Gasteiger partial charge in [0.15, 0.2) is 0 Å². The lowest BCUT2D eigenvalue weighted by Crippen LogP contribution is -2.57. The molecule has 2 atom stereocenters. The lowest BCUT2D eigenvalue weighted by atomic mass is 9.98. The Kier molecular flexibility index (Phi) is 7.43. The highest BCUT2D eigenvalue weighted by atomic mass is 16.6. The zero-order valence-corrected chi connectivity index (χ0v) is 17.6. The number of carbonyl (C=O) groups excluding carboxylic acids is 2. The number of ether oxygens (including phenoxy) is 2. The van der Waals surface area contributed by atoms with E-state index in [2.05, 4.69) is 27.7 Å². The third-order valence-electron chi connectivity index (χ3n) is 4.68. The number of likely N-dealkylation sites (tertiary alicyclic amines) is 1. The van der Waals surface area contributed by atoms with Crippen molar-refractivity contribution in [2.45, 2.75) is 57.8 Å². The van der Waals surface area contributed by atoms with Crippen LogP contribution in [0.1, 0.15) is 39.7 Å². The van der Waals surface area contributed by atoms with Gasteiger partial charge in [0.05, 0.1) is 7.11 Å². The number of hydrogen-bond donors (Lipinski definition) is 2. The van der Waals surface area contributed by atoms with Gasteiger partial charge < -0.3 is 14.8 Å². The van der Waals surface area contributed by atoms with Crippen LogP contribution < -0.4 is 10.6 Å². The predicted octanol–water partition coefficient (Wildman–Crippen LogP) is 2.31. The smallest absolute Gasteiger partial charge is 0.407 e. The standard InChI is InChI=1S/C21H33N3O4/c1-16(23-19(26)28-20(2,3)4)13-22-21(18(25)27-5)11-12-24(15-21)14-17-9-7-6-8-10-17/h6-10,16,22H,11-15H2,1-5H3,(H,23,26)/t16-,21?/m1/s1. The van der Waals surface area contributed by atoms with Gasteiger partial charge in [0.2, 0.25) is 0 Å². The highest BCUT2D eigenvalue weighted by Gasteiger charge is 2.45. The monoisotopic (exact) mass is 391 g/mol. The Morgan fingerprint density at radius 3 is 2.54 bits per heavy atom. The second kappa shape index (κ2) is 9.39. The van der Waals surface area contributed by atoms with Gasteiger partial charge in [0.25, 0.3) is 0 Å². The van der Waals surface area contributed by atoms with Crippen molar-refractivity contribution in [1.29, 1.82) is 0 Å². The fraction of sp³-hybridized carbons (Fsp3) is 0.619. The molecule has 2 rings (SSSR count). The van der Waals surface area contributed by atoms with E-state index in [1.54, 1.807) is 0 Å². The lowest BCUT2D eigenvalue weighted by Gasteiger charge is -2.30. The van der Waals surface area contributed by atoms with Crippen LogP contribution in [-0.4, -0.2) is 60.9 Å². The Morgan fingerprint density at radius 2 is 1.93 bits per heavy atom. The fourth-order valence-electron chi connectivity index (χ4n) is 3.35. The summed E-state index contributed by atoms with van der Waals surface area (Å²) in [5.41, 5.74) is -0.107. The largest absolute Gasteiger partial charge is 0.468 e. The number of hydrogen-bond acceptors (Lipinski definition) is 6. The first kappa shape index (κ1) is 22.2. The minimum absolute atomic E-state index is 0.195. The van der Waals surface area contributed by atoms with E-state index < -0.39 is 17.2 Å². The molecule has 1 aromatic carbocycles. The van der Waals surface area contributed by atoms with Crippen LogP contribution in [0.25, 0.3) is 0 Å². The van der Waals surface area contributed by atoms with Crippen molar-refractivity contribution >= 4 is 12.1 Å². The number of nitrogens with one attached hydrogen (secondary N) is 2. The maximum atomic E-state index is 12.5. The van der Waals surface area contributed by atoms with Crippen LogP contribution in [-0.2, 0) is 20.8 Å². The Morgan fingerprint density at radius 1 is 1.25 bits per heavy atom. The number of alkyl carbamates (subject to hydrolysis) is 1. The summed E-state index contributed by atoms with van der Waals surface area (Å²) < 4.78 is 10.4. The number of amides is 1. The summed E-state index contributed by atoms with van der Waals surface area (Å²) in [5.74, 6) is -0.271. The fourth-order valence-corrected chi connectivity index (χ4v) is 3.35. The molecule has 1 heterocycles. The summed E-state index contributed by atoms with van der Waals surface area (Å²) in [6.45, 7) is 9.92. The first-order valence-electron chi connectivity index (χ1n) is 9.73. The van der Waals surface area contributed by atoms with Crippen molar-refractivity contribution < 1.29 is 19.1 Å². The topological polar surface area (TPSA) is 79.9 Å². The molecular formula is C21H33N3O4. The van der Waals surface area contributed by atoms with E-state index in [0.29, 0.717) is 19.5 Å². The summed E-state index contributed by atoms with van der Waals surface area (Å²) in [6, 6.07) is 9.99. The Hall–Kier alpha value is -2.12. The van der Waals surface area contributed by atoms with Gasteiger partial charge >= 0.3 is 12.1 Å². The molecule has 1 amide bonds. The van der Waals surface area contributed by atoms with Gasteiger partial charge in [-0.15, -0.1) is 0 Å². The number of methoxy groups -OCH3 is 1. The van der Waals surface area contributed by atoms with E-state index >= 15 is 0 Å². The molecule has 1 saturated heterocycles. The van der Waals surface area contributed by atoms with Gasteiger partial charge in [0.1, 0.15) is 11.1 Å². The normalized spacial score (nSPS) is 21.2. The van der Waals surface area contributed by atoms with Crippen molar-refractivity contribution in [2.75, 3.05) is 26.7 Å². The third kappa shape index (κ3) is 6.49. The van der Waals surface area contributed by atoms with Gasteiger partial charge in [0, 0.05) is 32.2 Å². The quantitative estimate of drug-likeness (QED) is 0.695. The molecule has 1 aromatic rings. The van der Waals surface area contributed by atoms with E-state index in [-0.39, 0.29) is 12.0 Å². The molecular weight excluding hydrogens is 358 g/mol. The first-order valence-corrected chi connectivity index (χ1v) is 9.73. The maximum absolute atomic E-state index is 12.5. The van der Waals surface area contributed by atoms with Crippen molar-refractivity contribution in [3.8, 4) is 0 Å². The van der Waals surface area contributed by atoms with Crippen molar-refractivity contribution in [2.24, 2.45) is 0 Å². The molecule has 2 N–H and O–H groups in total. The molecule has 28 heavy (non-hydrogen) atoms. The van der Waals surface area contributed by atoms with E-state index in [1.807, 2.05) is 45.9 Å². The van der Waals surface area contributed by atoms with Crippen LogP contribution in [0.2, 0.25) is 0 Å². The van der Waals surface area contributed by atoms with Crippen molar-refractivity contribution in [1.82, 2.24) is 15.5 Å². The summed E-state index contributed by atoms with van der Waals surface area (Å²) >= 11 is 0. The van der Waals surface area contributed by atoms with Gasteiger partial charge in [-0.25, -0.2) is 4.79 Å². The average Bonchev–Trinajstić information content (AvgIpc) is 3.02. The van der Waals surface area contributed by atoms with Crippen LogP contribution in [0.3, 0.4) is 0 Å². The second-order valence-electron chi connectivity index (χ2n) is 8.45. The molecule has 1 aliphatic heterocycles. The van der Waals surface area contributed by atoms with Crippen LogP contribution >= 0.6 is 0 Å². The molecule has 0 bridgehead atoms. The van der Waals surface area contributed by atoms with Crippen LogP contribution in [0, 0.1) is 0 Å². The average molecular weight is 392 g/mol. The Labute approximate surface area is 167 Å². The highest BCUT2D eigenvalue weighted by molar-refractivity contribution is 5.81. The van der Waals surface area contributed by atoms with E-state index in [9.17, 15) is 9.59 Å². The molecule has 0 spiro atoms. The number of benzene rings is 1. The molecule has 0 aromatic heterocycles. The predicted molar refractivity (Wildman–Crippen MR) is 108 cm³/mol. The lowest BCUT2D eigenvalue weighted by molar-refractivity contribution is -0.148. The maximum Gasteiger partial charge on any atom is 0.407 e. The Balaban J connectivity index is 1.93. The second-order valence-corrected chi connectivity index (χ2v) is 8.45. The molecule has 1 aliphatic rings. The SMILES string of the molecule is COC(=O)C1(NC[C@@H](C)NC(=O)OC(C)(C)C)CCN(Cc2ccccc2)C1. The summed E-state index contributed by atoms with van der Waals surface area (Å²) in [6.07, 6.45) is 0.192.